The van der Waals surface area contributed by atoms with E-state index in [9.17, 15) is 13.2 Å². The van der Waals surface area contributed by atoms with Crippen LogP contribution in [0.5, 0.6) is 0 Å². The van der Waals surface area contributed by atoms with Gasteiger partial charge in [0.15, 0.2) is 5.78 Å². The number of carbonyl (C=O) groups excluding carboxylic acids is 1. The lowest BCUT2D eigenvalue weighted by Gasteiger charge is -2.38. The Hall–Kier alpha value is -1.20. The molecule has 19 heavy (non-hydrogen) atoms. The van der Waals surface area contributed by atoms with Crippen molar-refractivity contribution in [2.45, 2.75) is 50.0 Å². The highest BCUT2D eigenvalue weighted by Gasteiger charge is 2.36. The van der Waals surface area contributed by atoms with Crippen LogP contribution in [0.1, 0.15) is 49.9 Å². The second-order valence-electron chi connectivity index (χ2n) is 5.32. The average molecular weight is 281 g/mol. The molecule has 0 aromatic heterocycles. The molecule has 0 saturated heterocycles. The van der Waals surface area contributed by atoms with Crippen molar-refractivity contribution in [1.82, 2.24) is 4.72 Å². The Balaban J connectivity index is 2.27. The SMILES string of the molecule is CCC(=O)c1cccc(S(=O)(=O)NC2(C)CCC2)c1. The Morgan fingerprint density at radius 3 is 2.58 bits per heavy atom. The molecule has 1 saturated carbocycles. The Morgan fingerprint density at radius 2 is 2.05 bits per heavy atom. The zero-order valence-corrected chi connectivity index (χ0v) is 12.1. The molecule has 5 heteroatoms. The molecule has 4 nitrogen and oxygen atoms in total. The molecule has 0 unspecified atom stereocenters. The Kier molecular flexibility index (Phi) is 3.78. The first kappa shape index (κ1) is 14.2. The molecule has 0 atom stereocenters. The molecule has 1 fully saturated rings. The van der Waals surface area contributed by atoms with E-state index in [1.807, 2.05) is 6.92 Å². The highest BCUT2D eigenvalue weighted by Crippen LogP contribution is 2.32. The Labute approximate surface area is 114 Å². The fourth-order valence-corrected chi connectivity index (χ4v) is 3.74. The van der Waals surface area contributed by atoms with Crippen LogP contribution in [0, 0.1) is 0 Å². The lowest BCUT2D eigenvalue weighted by molar-refractivity contribution is 0.0988. The summed E-state index contributed by atoms with van der Waals surface area (Å²) in [6, 6.07) is 6.24. The van der Waals surface area contributed by atoms with Gasteiger partial charge in [-0.05, 0) is 38.3 Å². The van der Waals surface area contributed by atoms with Crippen molar-refractivity contribution in [3.05, 3.63) is 29.8 Å². The maximum Gasteiger partial charge on any atom is 0.241 e. The highest BCUT2D eigenvalue weighted by molar-refractivity contribution is 7.89. The van der Waals surface area contributed by atoms with Gasteiger partial charge < -0.3 is 0 Å². The number of Topliss-reactive ketones (excluding diaryl/α,β-unsaturated/α-hetero) is 1. The molecule has 0 spiro atoms. The predicted octanol–water partition coefficient (Wildman–Crippen LogP) is 2.50. The second-order valence-corrected chi connectivity index (χ2v) is 7.01. The largest absolute Gasteiger partial charge is 0.294 e. The first-order valence-corrected chi connectivity index (χ1v) is 8.02. The van der Waals surface area contributed by atoms with Gasteiger partial charge in [0.2, 0.25) is 10.0 Å². The molecular weight excluding hydrogens is 262 g/mol. The van der Waals surface area contributed by atoms with E-state index in [-0.39, 0.29) is 16.2 Å². The fourth-order valence-electron chi connectivity index (χ4n) is 2.23. The van der Waals surface area contributed by atoms with Crippen LogP contribution in [-0.4, -0.2) is 19.7 Å². The van der Waals surface area contributed by atoms with Crippen molar-refractivity contribution < 1.29 is 13.2 Å². The summed E-state index contributed by atoms with van der Waals surface area (Å²) in [6.07, 6.45) is 3.14. The summed E-state index contributed by atoms with van der Waals surface area (Å²) < 4.78 is 27.3. The average Bonchev–Trinajstić information content (AvgIpc) is 2.35. The number of hydrogen-bond acceptors (Lipinski definition) is 3. The van der Waals surface area contributed by atoms with Crippen molar-refractivity contribution in [1.29, 1.82) is 0 Å². The highest BCUT2D eigenvalue weighted by atomic mass is 32.2. The molecule has 1 aliphatic carbocycles. The maximum absolute atomic E-state index is 12.3. The second kappa shape index (κ2) is 5.06. The van der Waals surface area contributed by atoms with Gasteiger partial charge in [-0.15, -0.1) is 0 Å². The van der Waals surface area contributed by atoms with Crippen molar-refractivity contribution in [3.8, 4) is 0 Å². The molecule has 104 valence electrons. The minimum atomic E-state index is -3.55. The number of benzene rings is 1. The van der Waals surface area contributed by atoms with Crippen molar-refractivity contribution in [2.24, 2.45) is 0 Å². The summed E-state index contributed by atoms with van der Waals surface area (Å²) >= 11 is 0. The summed E-state index contributed by atoms with van der Waals surface area (Å²) in [5, 5.41) is 0. The molecule has 1 aromatic rings. The molecule has 0 heterocycles. The summed E-state index contributed by atoms with van der Waals surface area (Å²) in [7, 11) is -3.55. The van der Waals surface area contributed by atoms with Crippen LogP contribution < -0.4 is 4.72 Å². The van der Waals surface area contributed by atoms with E-state index in [1.165, 1.54) is 12.1 Å². The lowest BCUT2D eigenvalue weighted by atomic mass is 9.80. The molecule has 0 bridgehead atoms. The van der Waals surface area contributed by atoms with Gasteiger partial charge in [0, 0.05) is 17.5 Å². The van der Waals surface area contributed by atoms with Gasteiger partial charge in [-0.1, -0.05) is 19.1 Å². The zero-order chi connectivity index (χ0) is 14.1. The van der Waals surface area contributed by atoms with E-state index in [0.717, 1.165) is 19.3 Å². The van der Waals surface area contributed by atoms with E-state index in [4.69, 9.17) is 0 Å². The Morgan fingerprint density at radius 1 is 1.37 bits per heavy atom. The van der Waals surface area contributed by atoms with E-state index in [0.29, 0.717) is 12.0 Å². The quantitative estimate of drug-likeness (QED) is 0.843. The van der Waals surface area contributed by atoms with Crippen molar-refractivity contribution in [3.63, 3.8) is 0 Å². The topological polar surface area (TPSA) is 63.2 Å². The summed E-state index contributed by atoms with van der Waals surface area (Å²) in [6.45, 7) is 3.67. The maximum atomic E-state index is 12.3. The van der Waals surface area contributed by atoms with Gasteiger partial charge in [-0.25, -0.2) is 13.1 Å². The van der Waals surface area contributed by atoms with E-state index in [1.54, 1.807) is 19.1 Å². The van der Waals surface area contributed by atoms with E-state index < -0.39 is 10.0 Å². The number of sulfonamides is 1. The summed E-state index contributed by atoms with van der Waals surface area (Å²) in [5.41, 5.74) is 0.119. The molecule has 1 aliphatic rings. The molecule has 1 aromatic carbocycles. The molecule has 2 rings (SSSR count). The van der Waals surface area contributed by atoms with E-state index >= 15 is 0 Å². The normalized spacial score (nSPS) is 17.8. The minimum absolute atomic E-state index is 0.0492. The Bertz CT molecular complexity index is 588. The van der Waals surface area contributed by atoms with Gasteiger partial charge >= 0.3 is 0 Å². The lowest BCUT2D eigenvalue weighted by Crippen LogP contribution is -2.50. The third-order valence-corrected chi connectivity index (χ3v) is 5.26. The molecule has 0 amide bonds. The monoisotopic (exact) mass is 281 g/mol. The zero-order valence-electron chi connectivity index (χ0n) is 11.3. The van der Waals surface area contributed by atoms with Crippen LogP contribution in [0.15, 0.2) is 29.2 Å². The first-order valence-electron chi connectivity index (χ1n) is 6.53. The third-order valence-electron chi connectivity index (χ3n) is 3.63. The number of nitrogens with one attached hydrogen (secondary N) is 1. The number of rotatable bonds is 5. The summed E-state index contributed by atoms with van der Waals surface area (Å²) in [5.74, 6) is -0.0492. The number of hydrogen-bond donors (Lipinski definition) is 1. The van der Waals surface area contributed by atoms with Gasteiger partial charge in [0.25, 0.3) is 0 Å². The standard InChI is InChI=1S/C14H19NO3S/c1-3-13(16)11-6-4-7-12(10-11)19(17,18)15-14(2)8-5-9-14/h4,6-7,10,15H,3,5,8-9H2,1-2H3. The molecule has 0 radical (unpaired) electrons. The van der Waals surface area contributed by atoms with Crippen LogP contribution in [-0.2, 0) is 10.0 Å². The molecule has 1 N–H and O–H groups in total. The first-order chi connectivity index (χ1) is 8.86. The van der Waals surface area contributed by atoms with E-state index in [2.05, 4.69) is 4.72 Å². The molecular formula is C14H19NO3S. The third kappa shape index (κ3) is 3.04. The van der Waals surface area contributed by atoms with Crippen molar-refractivity contribution >= 4 is 15.8 Å². The number of carbonyl (C=O) groups is 1. The van der Waals surface area contributed by atoms with Gasteiger partial charge in [-0.3, -0.25) is 4.79 Å². The van der Waals surface area contributed by atoms with Gasteiger partial charge in [0.1, 0.15) is 0 Å². The van der Waals surface area contributed by atoms with Crippen LogP contribution in [0.3, 0.4) is 0 Å². The fraction of sp³-hybridized carbons (Fsp3) is 0.500. The smallest absolute Gasteiger partial charge is 0.241 e. The van der Waals surface area contributed by atoms with Gasteiger partial charge in [-0.2, -0.15) is 0 Å². The summed E-state index contributed by atoms with van der Waals surface area (Å²) in [4.78, 5) is 11.8. The van der Waals surface area contributed by atoms with Crippen LogP contribution in [0.25, 0.3) is 0 Å². The molecule has 0 aliphatic heterocycles. The predicted molar refractivity (Wildman–Crippen MR) is 73.6 cm³/mol. The number of ketones is 1. The van der Waals surface area contributed by atoms with Crippen LogP contribution in [0.4, 0.5) is 0 Å². The van der Waals surface area contributed by atoms with Crippen molar-refractivity contribution in [2.75, 3.05) is 0 Å². The van der Waals surface area contributed by atoms with Crippen LogP contribution in [0.2, 0.25) is 0 Å². The van der Waals surface area contributed by atoms with Crippen LogP contribution >= 0.6 is 0 Å². The van der Waals surface area contributed by atoms with Gasteiger partial charge in [0.05, 0.1) is 4.90 Å². The minimum Gasteiger partial charge on any atom is -0.294 e.